The Bertz CT molecular complexity index is 1200. The molecule has 3 heterocycles. The number of benzene rings is 1. The minimum absolute atomic E-state index is 0.254. The summed E-state index contributed by atoms with van der Waals surface area (Å²) < 4.78 is 34.9. The molecule has 0 unspecified atom stereocenters. The minimum Gasteiger partial charge on any atom is -0.492 e. The van der Waals surface area contributed by atoms with Crippen LogP contribution in [-0.2, 0) is 9.84 Å². The Kier molecular flexibility index (Phi) is 6.69. The lowest BCUT2D eigenvalue weighted by atomic mass is 9.98. The smallest absolute Gasteiger partial charge is 0.324 e. The molecule has 0 bridgehead atoms. The number of anilines is 1. The van der Waals surface area contributed by atoms with E-state index in [4.69, 9.17) is 9.26 Å². The van der Waals surface area contributed by atoms with Crippen LogP contribution in [0.1, 0.15) is 44.0 Å². The monoisotopic (exact) mass is 470 g/mol. The molecule has 1 aliphatic rings. The number of ether oxygens (including phenoxy) is 1. The van der Waals surface area contributed by atoms with Crippen molar-refractivity contribution in [2.45, 2.75) is 44.4 Å². The third-order valence-electron chi connectivity index (χ3n) is 5.96. The van der Waals surface area contributed by atoms with Gasteiger partial charge in [0.15, 0.2) is 15.7 Å². The van der Waals surface area contributed by atoms with E-state index in [0.717, 1.165) is 54.3 Å². The van der Waals surface area contributed by atoms with Gasteiger partial charge < -0.3 is 14.2 Å². The van der Waals surface area contributed by atoms with Gasteiger partial charge in [0, 0.05) is 30.8 Å². The van der Waals surface area contributed by atoms with Gasteiger partial charge in [-0.05, 0) is 55.5 Å². The van der Waals surface area contributed by atoms with E-state index in [-0.39, 0.29) is 5.92 Å². The molecule has 0 spiro atoms. The van der Waals surface area contributed by atoms with Gasteiger partial charge in [0.25, 0.3) is 0 Å². The van der Waals surface area contributed by atoms with Crippen LogP contribution in [0.5, 0.6) is 5.75 Å². The van der Waals surface area contributed by atoms with Gasteiger partial charge in [-0.25, -0.2) is 8.42 Å². The zero-order valence-corrected chi connectivity index (χ0v) is 20.3. The highest BCUT2D eigenvalue weighted by molar-refractivity contribution is 7.90. The molecular weight excluding hydrogens is 440 g/mol. The first-order valence-corrected chi connectivity index (χ1v) is 13.1. The molecule has 1 saturated heterocycles. The summed E-state index contributed by atoms with van der Waals surface area (Å²) in [5.41, 5.74) is 2.56. The Balaban J connectivity index is 1.30. The SMILES string of the molecule is Cc1cc(S(C)(=O)=O)ccc1-c1ccc(OCC2CCN(c3nc(C(C)C)no3)CC2)cn1. The van der Waals surface area contributed by atoms with Crippen LogP contribution in [-0.4, -0.2) is 49.5 Å². The average Bonchev–Trinajstić information content (AvgIpc) is 3.29. The molecule has 1 aliphatic heterocycles. The number of sulfone groups is 1. The quantitative estimate of drug-likeness (QED) is 0.505. The number of hydrogen-bond donors (Lipinski definition) is 0. The van der Waals surface area contributed by atoms with Crippen LogP contribution < -0.4 is 9.64 Å². The van der Waals surface area contributed by atoms with Gasteiger partial charge in [-0.2, -0.15) is 4.98 Å². The number of rotatable bonds is 7. The van der Waals surface area contributed by atoms with E-state index in [9.17, 15) is 8.42 Å². The summed E-state index contributed by atoms with van der Waals surface area (Å²) in [7, 11) is -3.23. The van der Waals surface area contributed by atoms with Crippen LogP contribution in [0.4, 0.5) is 6.01 Å². The lowest BCUT2D eigenvalue weighted by molar-refractivity contribution is 0.219. The molecular formula is C24H30N4O4S. The maximum atomic E-state index is 11.8. The van der Waals surface area contributed by atoms with Gasteiger partial charge >= 0.3 is 6.01 Å². The molecule has 0 saturated carbocycles. The molecule has 0 atom stereocenters. The fourth-order valence-corrected chi connectivity index (χ4v) is 4.58. The first-order valence-electron chi connectivity index (χ1n) is 11.2. The van der Waals surface area contributed by atoms with Crippen molar-refractivity contribution < 1.29 is 17.7 Å². The number of piperidine rings is 1. The van der Waals surface area contributed by atoms with Crippen molar-refractivity contribution >= 4 is 15.9 Å². The molecule has 9 heteroatoms. The number of aryl methyl sites for hydroxylation is 1. The Morgan fingerprint density at radius 2 is 1.94 bits per heavy atom. The average molecular weight is 471 g/mol. The Morgan fingerprint density at radius 3 is 2.52 bits per heavy atom. The van der Waals surface area contributed by atoms with E-state index < -0.39 is 9.84 Å². The van der Waals surface area contributed by atoms with Crippen molar-refractivity contribution in [1.82, 2.24) is 15.1 Å². The summed E-state index contributed by atoms with van der Waals surface area (Å²) in [6, 6.07) is 9.53. The topological polar surface area (TPSA) is 98.4 Å². The second-order valence-corrected chi connectivity index (χ2v) is 11.0. The highest BCUT2D eigenvalue weighted by atomic mass is 32.2. The van der Waals surface area contributed by atoms with Crippen molar-refractivity contribution in [2.75, 3.05) is 30.9 Å². The van der Waals surface area contributed by atoms with Crippen LogP contribution >= 0.6 is 0 Å². The number of nitrogens with zero attached hydrogens (tertiary/aromatic N) is 4. The summed E-state index contributed by atoms with van der Waals surface area (Å²) in [6.07, 6.45) is 4.93. The largest absolute Gasteiger partial charge is 0.492 e. The van der Waals surface area contributed by atoms with E-state index in [1.807, 2.05) is 19.1 Å². The molecule has 8 nitrogen and oxygen atoms in total. The van der Waals surface area contributed by atoms with Gasteiger partial charge in [0.05, 0.1) is 23.4 Å². The maximum absolute atomic E-state index is 11.8. The van der Waals surface area contributed by atoms with Gasteiger partial charge in [-0.1, -0.05) is 25.1 Å². The Hall–Kier alpha value is -2.94. The van der Waals surface area contributed by atoms with Crippen molar-refractivity contribution in [1.29, 1.82) is 0 Å². The maximum Gasteiger partial charge on any atom is 0.324 e. The lowest BCUT2D eigenvalue weighted by Crippen LogP contribution is -2.35. The van der Waals surface area contributed by atoms with E-state index in [1.165, 1.54) is 6.26 Å². The van der Waals surface area contributed by atoms with Crippen LogP contribution in [0.25, 0.3) is 11.3 Å². The second-order valence-electron chi connectivity index (χ2n) is 8.96. The predicted octanol–water partition coefficient (Wildman–Crippen LogP) is 4.26. The minimum atomic E-state index is -3.23. The second kappa shape index (κ2) is 9.51. The standard InChI is InChI=1S/C24H30N4O4S/c1-16(2)23-26-24(32-27-23)28-11-9-18(10-12-28)15-31-19-5-8-22(25-14-19)21-7-6-20(13-17(21)3)33(4,29)30/h5-8,13-14,16,18H,9-12,15H2,1-4H3. The normalized spacial score (nSPS) is 15.2. The van der Waals surface area contributed by atoms with Crippen molar-refractivity contribution in [2.24, 2.45) is 5.92 Å². The predicted molar refractivity (Wildman–Crippen MR) is 126 cm³/mol. The van der Waals surface area contributed by atoms with Crippen LogP contribution in [0.2, 0.25) is 0 Å². The number of hydrogen-bond acceptors (Lipinski definition) is 8. The molecule has 4 rings (SSSR count). The summed E-state index contributed by atoms with van der Waals surface area (Å²) in [5, 5.41) is 4.05. The Morgan fingerprint density at radius 1 is 1.18 bits per heavy atom. The van der Waals surface area contributed by atoms with Gasteiger partial charge in [0.2, 0.25) is 0 Å². The van der Waals surface area contributed by atoms with Gasteiger partial charge in [-0.3, -0.25) is 4.98 Å². The highest BCUT2D eigenvalue weighted by Gasteiger charge is 2.24. The van der Waals surface area contributed by atoms with Crippen molar-refractivity contribution in [3.63, 3.8) is 0 Å². The van der Waals surface area contributed by atoms with Crippen molar-refractivity contribution in [3.8, 4) is 17.0 Å². The first kappa shape index (κ1) is 23.2. The van der Waals surface area contributed by atoms with Gasteiger partial charge in [0.1, 0.15) is 5.75 Å². The molecule has 0 radical (unpaired) electrons. The summed E-state index contributed by atoms with van der Waals surface area (Å²) in [4.78, 5) is 11.5. The third kappa shape index (κ3) is 5.52. The first-order chi connectivity index (χ1) is 15.7. The van der Waals surface area contributed by atoms with Crippen molar-refractivity contribution in [3.05, 3.63) is 47.9 Å². The molecule has 1 fully saturated rings. The molecule has 0 aliphatic carbocycles. The number of pyridine rings is 1. The number of aromatic nitrogens is 3. The Labute approximate surface area is 194 Å². The molecule has 0 N–H and O–H groups in total. The zero-order chi connectivity index (χ0) is 23.6. The molecule has 176 valence electrons. The highest BCUT2D eigenvalue weighted by Crippen LogP contribution is 2.27. The van der Waals surface area contributed by atoms with E-state index in [2.05, 4.69) is 33.9 Å². The van der Waals surface area contributed by atoms with Crippen LogP contribution in [0.3, 0.4) is 0 Å². The van der Waals surface area contributed by atoms with E-state index in [0.29, 0.717) is 23.4 Å². The molecule has 0 amide bonds. The molecule has 2 aromatic heterocycles. The summed E-state index contributed by atoms with van der Waals surface area (Å²) in [5.74, 6) is 2.18. The van der Waals surface area contributed by atoms with E-state index >= 15 is 0 Å². The summed E-state index contributed by atoms with van der Waals surface area (Å²) in [6.45, 7) is 8.37. The zero-order valence-electron chi connectivity index (χ0n) is 19.5. The molecule has 1 aromatic carbocycles. The fraction of sp³-hybridized carbons (Fsp3) is 0.458. The summed E-state index contributed by atoms with van der Waals surface area (Å²) >= 11 is 0. The van der Waals surface area contributed by atoms with Crippen LogP contribution in [0.15, 0.2) is 45.9 Å². The van der Waals surface area contributed by atoms with E-state index in [1.54, 1.807) is 24.4 Å². The fourth-order valence-electron chi connectivity index (χ4n) is 3.87. The third-order valence-corrected chi connectivity index (χ3v) is 7.07. The molecule has 3 aromatic rings. The van der Waals surface area contributed by atoms with Crippen LogP contribution in [0, 0.1) is 12.8 Å². The van der Waals surface area contributed by atoms with Gasteiger partial charge in [-0.15, -0.1) is 0 Å². The molecule has 33 heavy (non-hydrogen) atoms. The lowest BCUT2D eigenvalue weighted by Gasteiger charge is -2.30.